The molecule has 0 bridgehead atoms. The lowest BCUT2D eigenvalue weighted by molar-refractivity contribution is -0.147. The van der Waals surface area contributed by atoms with Crippen molar-refractivity contribution < 1.29 is 37.5 Å². The zero-order valence-electron chi connectivity index (χ0n) is 53.7. The van der Waals surface area contributed by atoms with E-state index >= 15 is 0 Å². The van der Waals surface area contributed by atoms with Gasteiger partial charge in [0.15, 0.2) is 0 Å². The number of nitrogens with one attached hydrogen (secondary N) is 7. The second-order valence-electron chi connectivity index (χ2n) is 29.6. The number of carbonyl (C=O) groups excluding carboxylic acids is 6. The van der Waals surface area contributed by atoms with Gasteiger partial charge in [-0.3, -0.25) is 28.8 Å². The predicted molar refractivity (Wildman–Crippen MR) is 333 cm³/mol. The van der Waals surface area contributed by atoms with Crippen LogP contribution in [-0.4, -0.2) is 156 Å². The molecule has 4 heterocycles. The van der Waals surface area contributed by atoms with Gasteiger partial charge in [-0.05, 0) is 179 Å². The summed E-state index contributed by atoms with van der Waals surface area (Å²) in [5.74, 6) is 0.509. The van der Waals surface area contributed by atoms with E-state index < -0.39 is 35.0 Å². The molecule has 478 valence electrons. The van der Waals surface area contributed by atoms with Crippen LogP contribution >= 0.6 is 0 Å². The van der Waals surface area contributed by atoms with Gasteiger partial charge in [-0.2, -0.15) is 0 Å². The fraction of sp³-hybridized carbons (Fsp3) is 0.735. The summed E-state index contributed by atoms with van der Waals surface area (Å²) >= 11 is 0. The topological polar surface area (TPSA) is 196 Å². The molecule has 6 atom stereocenters. The molecule has 7 fully saturated rings. The van der Waals surface area contributed by atoms with E-state index in [0.717, 1.165) is 69.0 Å². The highest BCUT2D eigenvalue weighted by molar-refractivity contribution is 5.92. The Morgan fingerprint density at radius 2 is 0.988 bits per heavy atom. The van der Waals surface area contributed by atoms with Crippen molar-refractivity contribution in [3.05, 3.63) is 71.3 Å². The fourth-order valence-corrected chi connectivity index (χ4v) is 14.9. The van der Waals surface area contributed by atoms with Crippen LogP contribution in [0.25, 0.3) is 0 Å². The van der Waals surface area contributed by atoms with Crippen LogP contribution in [0.1, 0.15) is 176 Å². The number of piperazine rings is 2. The van der Waals surface area contributed by atoms with E-state index in [2.05, 4.69) is 62.9 Å². The van der Waals surface area contributed by atoms with Crippen LogP contribution < -0.4 is 37.2 Å². The van der Waals surface area contributed by atoms with Crippen molar-refractivity contribution in [2.75, 3.05) is 59.4 Å². The van der Waals surface area contributed by atoms with Crippen molar-refractivity contribution >= 4 is 35.4 Å². The molecule has 7 N–H and O–H groups in total. The number of benzene rings is 2. The molecule has 7 aliphatic rings. The van der Waals surface area contributed by atoms with Crippen LogP contribution in [0.5, 0.6) is 0 Å². The van der Waals surface area contributed by atoms with E-state index in [0.29, 0.717) is 95.2 Å². The Hall–Kier alpha value is -5.04. The first-order chi connectivity index (χ1) is 40.7. The minimum Gasteiger partial charge on any atom is -0.351 e. The maximum absolute atomic E-state index is 14.1. The van der Waals surface area contributed by atoms with Gasteiger partial charge in [0.1, 0.15) is 23.7 Å². The van der Waals surface area contributed by atoms with Gasteiger partial charge < -0.3 is 51.9 Å². The summed E-state index contributed by atoms with van der Waals surface area (Å²) in [6.07, 6.45) is 16.7. The minimum absolute atomic E-state index is 0.00196. The average molecular weight is 1200 g/mol. The van der Waals surface area contributed by atoms with Crippen molar-refractivity contribution in [3.63, 3.8) is 0 Å². The van der Waals surface area contributed by atoms with E-state index in [4.69, 9.17) is 0 Å². The summed E-state index contributed by atoms with van der Waals surface area (Å²) in [6.45, 7) is 23.1. The lowest BCUT2D eigenvalue weighted by atomic mass is 9.63. The van der Waals surface area contributed by atoms with Crippen molar-refractivity contribution in [2.45, 2.75) is 225 Å². The lowest BCUT2D eigenvalue weighted by Gasteiger charge is -2.48. The molecular formula is C68H106F2N10O6. The SMILES string of the molecule is CC(C)(C)NC(=O)C1(C2CCCCC2)CCN(C(=O)[C@@H](Cc2ccc(F)cc2)NC(=O)C2CNC(C)(C3CC3)CN2)CC1.CC(C)C1CN(C)C[C@@H](C(=O)N[C@H](Cc2ccc(F)cc2)C(=O)N2CCC(C(=O)NC(C)(C)C)(C3CCCCC3)CC2)N1. The van der Waals surface area contributed by atoms with Gasteiger partial charge in [0.05, 0.1) is 22.9 Å². The van der Waals surface area contributed by atoms with E-state index in [1.807, 2.05) is 58.4 Å². The third-order valence-electron chi connectivity index (χ3n) is 20.3. The average Bonchev–Trinajstić information content (AvgIpc) is 1.37. The molecule has 6 amide bonds. The third-order valence-corrected chi connectivity index (χ3v) is 20.3. The van der Waals surface area contributed by atoms with Crippen LogP contribution in [0, 0.1) is 46.1 Å². The summed E-state index contributed by atoms with van der Waals surface area (Å²) in [7, 11) is 2.01. The van der Waals surface area contributed by atoms with E-state index in [-0.39, 0.29) is 82.6 Å². The Kier molecular flexibility index (Phi) is 22.3. The molecule has 2 aromatic rings. The first-order valence-corrected chi connectivity index (χ1v) is 32.9. The van der Waals surface area contributed by atoms with Gasteiger partial charge in [0, 0.05) is 87.9 Å². The van der Waals surface area contributed by atoms with Crippen molar-refractivity contribution in [2.24, 2.45) is 34.5 Å². The molecule has 2 aromatic carbocycles. The molecule has 0 aromatic heterocycles. The molecular weight excluding hydrogens is 1090 g/mol. The van der Waals surface area contributed by atoms with Crippen LogP contribution in [-0.2, 0) is 41.6 Å². The Morgan fingerprint density at radius 3 is 1.35 bits per heavy atom. The first kappa shape index (κ1) is 66.9. The molecule has 16 nitrogen and oxygen atoms in total. The number of piperidine rings is 2. The quantitative estimate of drug-likeness (QED) is 0.0881. The highest BCUT2D eigenvalue weighted by Gasteiger charge is 2.52. The maximum atomic E-state index is 14.1. The van der Waals surface area contributed by atoms with Gasteiger partial charge in [0.25, 0.3) is 0 Å². The molecule has 3 saturated carbocycles. The lowest BCUT2D eigenvalue weighted by Crippen LogP contribution is -2.67. The highest BCUT2D eigenvalue weighted by atomic mass is 19.1. The largest absolute Gasteiger partial charge is 0.351 e. The molecule has 86 heavy (non-hydrogen) atoms. The molecule has 9 rings (SSSR count). The predicted octanol–water partition coefficient (Wildman–Crippen LogP) is 7.57. The van der Waals surface area contributed by atoms with Crippen molar-refractivity contribution in [1.29, 1.82) is 0 Å². The zero-order valence-corrected chi connectivity index (χ0v) is 53.7. The Labute approximate surface area is 512 Å². The molecule has 3 aliphatic carbocycles. The third kappa shape index (κ3) is 17.4. The summed E-state index contributed by atoms with van der Waals surface area (Å²) in [6, 6.07) is 9.98. The molecule has 4 saturated heterocycles. The van der Waals surface area contributed by atoms with Gasteiger partial charge >= 0.3 is 0 Å². The second kappa shape index (κ2) is 28.6. The molecule has 0 spiro atoms. The minimum atomic E-state index is -0.782. The number of halogens is 2. The normalized spacial score (nSPS) is 25.8. The van der Waals surface area contributed by atoms with Crippen LogP contribution in [0.3, 0.4) is 0 Å². The van der Waals surface area contributed by atoms with Crippen LogP contribution in [0.4, 0.5) is 8.78 Å². The number of rotatable bonds is 16. The van der Waals surface area contributed by atoms with Gasteiger partial charge in [-0.25, -0.2) is 8.78 Å². The summed E-state index contributed by atoms with van der Waals surface area (Å²) in [5.41, 5.74) is -0.0474. The number of carbonyl (C=O) groups is 6. The number of likely N-dealkylation sites (tertiary alicyclic amines) is 2. The molecule has 18 heteroatoms. The Bertz CT molecular complexity index is 2600. The maximum Gasteiger partial charge on any atom is 0.245 e. The molecule has 3 unspecified atom stereocenters. The number of hydrogen-bond acceptors (Lipinski definition) is 10. The van der Waals surface area contributed by atoms with E-state index in [1.54, 1.807) is 24.3 Å². The molecule has 0 radical (unpaired) electrons. The zero-order chi connectivity index (χ0) is 62.2. The summed E-state index contributed by atoms with van der Waals surface area (Å²) < 4.78 is 27.3. The van der Waals surface area contributed by atoms with Crippen LogP contribution in [0.15, 0.2) is 48.5 Å². The fourth-order valence-electron chi connectivity index (χ4n) is 14.9. The molecule has 4 aliphatic heterocycles. The smallest absolute Gasteiger partial charge is 0.245 e. The number of nitrogens with zero attached hydrogens (tertiary/aromatic N) is 3. The van der Waals surface area contributed by atoms with Crippen molar-refractivity contribution in [3.8, 4) is 0 Å². The number of amides is 6. The van der Waals surface area contributed by atoms with Crippen LogP contribution in [0.2, 0.25) is 0 Å². The Balaban J connectivity index is 0.000000223. The van der Waals surface area contributed by atoms with E-state index in [1.165, 1.54) is 49.9 Å². The standard InChI is InChI=1S/C34H52FN5O3.C34H54FN5O3/c1-32(2,3)39-31(43)34(25-8-6-5-7-9-25)16-18-40(19-17-34)30(42)27(20-23-10-14-26(35)15-11-23)38-29(41)28-21-37-33(4,22-36-28)24-12-13-24;1-23(2)28-21-39(6)22-29(36-28)30(41)37-27(20-24-12-14-26(35)15-13-24)31(42)40-18-16-34(17-19-40,25-10-8-7-9-11-25)32(43)38-33(3,4)5/h10-11,14-15,24-25,27-28,36-37H,5-9,12-13,16-22H2,1-4H3,(H,38,41)(H,39,43);12-15,23,25,27-29,36H,7-11,16-22H2,1-6H3,(H,37,41)(H,38,43)/t27-,28?,33?;27-,28?,29+/m11/s1. The highest BCUT2D eigenvalue weighted by Crippen LogP contribution is 2.48. The van der Waals surface area contributed by atoms with Gasteiger partial charge in [0.2, 0.25) is 35.4 Å². The van der Waals surface area contributed by atoms with Gasteiger partial charge in [-0.15, -0.1) is 0 Å². The van der Waals surface area contributed by atoms with Crippen molar-refractivity contribution in [1.82, 2.24) is 51.9 Å². The number of likely N-dealkylation sites (N-methyl/N-ethyl adjacent to an activating group) is 1. The monoisotopic (exact) mass is 1200 g/mol. The summed E-state index contributed by atoms with van der Waals surface area (Å²) in [4.78, 5) is 88.7. The summed E-state index contributed by atoms with van der Waals surface area (Å²) in [5, 5.41) is 23.1. The Morgan fingerprint density at radius 1 is 0.581 bits per heavy atom. The first-order valence-electron chi connectivity index (χ1n) is 32.9. The van der Waals surface area contributed by atoms with E-state index in [9.17, 15) is 37.5 Å². The number of hydrogen-bond donors (Lipinski definition) is 7. The van der Waals surface area contributed by atoms with Gasteiger partial charge in [-0.1, -0.05) is 76.6 Å². The second-order valence-corrected chi connectivity index (χ2v) is 29.6.